The molecule has 4 nitrogen and oxygen atoms in total. The number of benzene rings is 2. The van der Waals surface area contributed by atoms with Gasteiger partial charge in [0, 0.05) is 10.6 Å². The Labute approximate surface area is 170 Å². The molecule has 144 valence electrons. The highest BCUT2D eigenvalue weighted by molar-refractivity contribution is 6.30. The SMILES string of the molecule is C=C(CC(=O)Nc1nc2ccc(C)cc2n1C1(C)CCC1)c1ccc(Cl)cc1. The molecule has 1 aromatic heterocycles. The normalized spacial score (nSPS) is 15.2. The second-order valence-corrected chi connectivity index (χ2v) is 8.39. The van der Waals surface area contributed by atoms with E-state index < -0.39 is 0 Å². The van der Waals surface area contributed by atoms with Crippen LogP contribution >= 0.6 is 11.6 Å². The Bertz CT molecular complexity index is 1060. The number of aromatic nitrogens is 2. The molecule has 1 aliphatic rings. The minimum Gasteiger partial charge on any atom is -0.304 e. The van der Waals surface area contributed by atoms with E-state index in [1.54, 1.807) is 12.1 Å². The minimum atomic E-state index is -0.115. The fraction of sp³-hybridized carbons (Fsp3) is 0.304. The lowest BCUT2D eigenvalue weighted by Crippen LogP contribution is -2.38. The number of carbonyl (C=O) groups excluding carboxylic acids is 1. The molecule has 0 bridgehead atoms. The zero-order valence-electron chi connectivity index (χ0n) is 16.3. The van der Waals surface area contributed by atoms with Crippen LogP contribution in [0.15, 0.2) is 49.0 Å². The van der Waals surface area contributed by atoms with Crippen molar-refractivity contribution in [3.8, 4) is 0 Å². The maximum Gasteiger partial charge on any atom is 0.231 e. The van der Waals surface area contributed by atoms with Crippen LogP contribution in [-0.4, -0.2) is 15.5 Å². The van der Waals surface area contributed by atoms with Crippen molar-refractivity contribution in [2.24, 2.45) is 0 Å². The van der Waals surface area contributed by atoms with Gasteiger partial charge >= 0.3 is 0 Å². The van der Waals surface area contributed by atoms with Gasteiger partial charge in [-0.3, -0.25) is 10.1 Å². The van der Waals surface area contributed by atoms with Crippen LogP contribution in [0.1, 0.15) is 43.7 Å². The van der Waals surface area contributed by atoms with Crippen molar-refractivity contribution in [1.29, 1.82) is 0 Å². The summed E-state index contributed by atoms with van der Waals surface area (Å²) in [4.78, 5) is 17.5. The molecule has 3 aromatic rings. The van der Waals surface area contributed by atoms with Gasteiger partial charge in [-0.15, -0.1) is 0 Å². The van der Waals surface area contributed by atoms with Crippen LogP contribution < -0.4 is 5.32 Å². The molecule has 0 atom stereocenters. The number of fused-ring (bicyclic) bond motifs is 1. The summed E-state index contributed by atoms with van der Waals surface area (Å²) in [5.74, 6) is 0.507. The van der Waals surface area contributed by atoms with E-state index in [1.165, 1.54) is 12.0 Å². The lowest BCUT2D eigenvalue weighted by molar-refractivity contribution is -0.115. The van der Waals surface area contributed by atoms with Crippen molar-refractivity contribution in [2.45, 2.75) is 45.1 Å². The first-order valence-corrected chi connectivity index (χ1v) is 9.97. The van der Waals surface area contributed by atoms with E-state index in [-0.39, 0.29) is 17.9 Å². The van der Waals surface area contributed by atoms with Gasteiger partial charge in [-0.25, -0.2) is 4.98 Å². The van der Waals surface area contributed by atoms with E-state index in [0.717, 1.165) is 35.0 Å². The van der Waals surface area contributed by atoms with Crippen LogP contribution in [-0.2, 0) is 10.3 Å². The van der Waals surface area contributed by atoms with E-state index in [9.17, 15) is 4.79 Å². The summed E-state index contributed by atoms with van der Waals surface area (Å²) in [7, 11) is 0. The number of nitrogens with zero attached hydrogens (tertiary/aromatic N) is 2. The lowest BCUT2D eigenvalue weighted by Gasteiger charge is -2.41. The average Bonchev–Trinajstić information content (AvgIpc) is 2.97. The number of hydrogen-bond donors (Lipinski definition) is 1. The summed E-state index contributed by atoms with van der Waals surface area (Å²) < 4.78 is 2.21. The minimum absolute atomic E-state index is 0.00164. The molecule has 1 saturated carbocycles. The molecule has 28 heavy (non-hydrogen) atoms. The van der Waals surface area contributed by atoms with E-state index in [1.807, 2.05) is 18.2 Å². The Balaban J connectivity index is 1.60. The van der Waals surface area contributed by atoms with Crippen molar-refractivity contribution in [1.82, 2.24) is 9.55 Å². The van der Waals surface area contributed by atoms with Gasteiger partial charge in [0.1, 0.15) is 0 Å². The predicted octanol–water partition coefficient (Wildman–Crippen LogP) is 5.94. The summed E-state index contributed by atoms with van der Waals surface area (Å²) in [5.41, 5.74) is 4.83. The molecular formula is C23H24ClN3O. The number of nitrogens with one attached hydrogen (secondary N) is 1. The lowest BCUT2D eigenvalue weighted by atomic mass is 9.78. The molecule has 5 heteroatoms. The predicted molar refractivity (Wildman–Crippen MR) is 116 cm³/mol. The van der Waals surface area contributed by atoms with E-state index in [2.05, 4.69) is 42.4 Å². The zero-order valence-corrected chi connectivity index (χ0v) is 17.0. The van der Waals surface area contributed by atoms with Crippen molar-refractivity contribution in [3.05, 3.63) is 65.2 Å². The summed E-state index contributed by atoms with van der Waals surface area (Å²) in [6, 6.07) is 13.6. The summed E-state index contributed by atoms with van der Waals surface area (Å²) in [6.07, 6.45) is 3.59. The topological polar surface area (TPSA) is 46.9 Å². The standard InChI is InChI=1S/C23H24ClN3O/c1-15-5-10-19-20(13-15)27(23(3)11-4-12-23)22(25-19)26-21(28)14-16(2)17-6-8-18(24)9-7-17/h5-10,13H,2,4,11-12,14H2,1,3H3,(H,25,26,28). The number of aryl methyl sites for hydroxylation is 1. The van der Waals surface area contributed by atoms with Crippen molar-refractivity contribution in [3.63, 3.8) is 0 Å². The third-order valence-electron chi connectivity index (χ3n) is 5.66. The molecule has 0 radical (unpaired) electrons. The number of amides is 1. The van der Waals surface area contributed by atoms with Crippen LogP contribution in [0, 0.1) is 6.92 Å². The third kappa shape index (κ3) is 3.45. The van der Waals surface area contributed by atoms with Crippen LogP contribution in [0.25, 0.3) is 16.6 Å². The molecule has 0 unspecified atom stereocenters. The largest absolute Gasteiger partial charge is 0.304 e. The Kier molecular flexibility index (Phi) is 4.76. The van der Waals surface area contributed by atoms with Crippen molar-refractivity contribution >= 4 is 40.1 Å². The highest BCUT2D eigenvalue weighted by atomic mass is 35.5. The second kappa shape index (κ2) is 7.10. The van der Waals surface area contributed by atoms with E-state index >= 15 is 0 Å². The molecule has 1 heterocycles. The second-order valence-electron chi connectivity index (χ2n) is 7.95. The van der Waals surface area contributed by atoms with Gasteiger partial charge < -0.3 is 4.57 Å². The molecule has 0 spiro atoms. The molecule has 0 saturated heterocycles. The highest BCUT2D eigenvalue weighted by Crippen LogP contribution is 2.43. The highest BCUT2D eigenvalue weighted by Gasteiger charge is 2.37. The molecule has 2 aromatic carbocycles. The Morgan fingerprint density at radius 3 is 2.61 bits per heavy atom. The summed E-state index contributed by atoms with van der Waals surface area (Å²) in [6.45, 7) is 8.37. The Hall–Kier alpha value is -2.59. The fourth-order valence-corrected chi connectivity index (χ4v) is 4.00. The Morgan fingerprint density at radius 1 is 1.25 bits per heavy atom. The first-order chi connectivity index (χ1) is 13.4. The maximum absolute atomic E-state index is 12.7. The summed E-state index contributed by atoms with van der Waals surface area (Å²) >= 11 is 5.94. The summed E-state index contributed by atoms with van der Waals surface area (Å²) in [5, 5.41) is 3.70. The number of imidazole rings is 1. The fourth-order valence-electron chi connectivity index (χ4n) is 3.88. The molecular weight excluding hydrogens is 370 g/mol. The number of anilines is 1. The van der Waals surface area contributed by atoms with Crippen LogP contribution in [0.4, 0.5) is 5.95 Å². The van der Waals surface area contributed by atoms with Gasteiger partial charge in [0.05, 0.1) is 17.5 Å². The van der Waals surface area contributed by atoms with Crippen LogP contribution in [0.2, 0.25) is 5.02 Å². The molecule has 1 fully saturated rings. The van der Waals surface area contributed by atoms with Gasteiger partial charge in [0.2, 0.25) is 11.9 Å². The number of rotatable bonds is 5. The van der Waals surface area contributed by atoms with Crippen molar-refractivity contribution < 1.29 is 4.79 Å². The monoisotopic (exact) mass is 393 g/mol. The smallest absolute Gasteiger partial charge is 0.231 e. The van der Waals surface area contributed by atoms with E-state index in [0.29, 0.717) is 11.0 Å². The molecule has 0 aliphatic heterocycles. The van der Waals surface area contributed by atoms with Gasteiger partial charge in [-0.1, -0.05) is 36.4 Å². The molecule has 1 aliphatic carbocycles. The third-order valence-corrected chi connectivity index (χ3v) is 5.91. The van der Waals surface area contributed by atoms with Crippen molar-refractivity contribution in [2.75, 3.05) is 5.32 Å². The number of carbonyl (C=O) groups is 1. The molecule has 1 amide bonds. The van der Waals surface area contributed by atoms with Crippen LogP contribution in [0.5, 0.6) is 0 Å². The van der Waals surface area contributed by atoms with E-state index in [4.69, 9.17) is 16.6 Å². The van der Waals surface area contributed by atoms with Crippen LogP contribution in [0.3, 0.4) is 0 Å². The maximum atomic E-state index is 12.7. The van der Waals surface area contributed by atoms with Gasteiger partial charge in [-0.2, -0.15) is 0 Å². The first-order valence-electron chi connectivity index (χ1n) is 9.59. The quantitative estimate of drug-likeness (QED) is 0.583. The number of halogens is 1. The molecule has 4 rings (SSSR count). The molecule has 1 N–H and O–H groups in total. The number of hydrogen-bond acceptors (Lipinski definition) is 2. The zero-order chi connectivity index (χ0) is 19.9. The van der Waals surface area contributed by atoms with Gasteiger partial charge in [0.15, 0.2) is 0 Å². The van der Waals surface area contributed by atoms with Gasteiger partial charge in [-0.05, 0) is 74.1 Å². The Morgan fingerprint density at radius 2 is 1.96 bits per heavy atom. The first kappa shape index (κ1) is 18.8. The van der Waals surface area contributed by atoms with Gasteiger partial charge in [0.25, 0.3) is 0 Å². The average molecular weight is 394 g/mol.